The summed E-state index contributed by atoms with van der Waals surface area (Å²) in [5.74, 6) is 0.925. The molecule has 0 fully saturated rings. The minimum atomic E-state index is -0.108. The number of aryl methyl sites for hydroxylation is 2. The fraction of sp³-hybridized carbons (Fsp3) is 0.438. The molecule has 0 radical (unpaired) electrons. The number of ether oxygens (including phenoxy) is 1. The SMILES string of the molecule is CCOC(=O)CCCCc1oc2ccccc2c1C. The summed E-state index contributed by atoms with van der Waals surface area (Å²) in [6.07, 6.45) is 3.15. The van der Waals surface area contributed by atoms with Crippen LogP contribution in [0.2, 0.25) is 0 Å². The lowest BCUT2D eigenvalue weighted by molar-refractivity contribution is -0.143. The number of benzene rings is 1. The van der Waals surface area contributed by atoms with Crippen molar-refractivity contribution in [1.82, 2.24) is 0 Å². The van der Waals surface area contributed by atoms with E-state index in [1.165, 1.54) is 10.9 Å². The van der Waals surface area contributed by atoms with E-state index in [0.717, 1.165) is 30.6 Å². The van der Waals surface area contributed by atoms with Gasteiger partial charge in [0, 0.05) is 18.2 Å². The number of furan rings is 1. The third-order valence-corrected chi connectivity index (χ3v) is 3.28. The topological polar surface area (TPSA) is 39.4 Å². The molecule has 0 spiro atoms. The molecule has 1 aromatic heterocycles. The predicted molar refractivity (Wildman–Crippen MR) is 75.1 cm³/mol. The molecule has 0 aliphatic carbocycles. The second-order valence-corrected chi connectivity index (χ2v) is 4.66. The fourth-order valence-electron chi connectivity index (χ4n) is 2.25. The summed E-state index contributed by atoms with van der Waals surface area (Å²) in [5.41, 5.74) is 2.16. The maximum absolute atomic E-state index is 11.2. The van der Waals surface area contributed by atoms with Gasteiger partial charge in [0.15, 0.2) is 0 Å². The Labute approximate surface area is 113 Å². The Morgan fingerprint density at radius 1 is 1.26 bits per heavy atom. The highest BCUT2D eigenvalue weighted by Crippen LogP contribution is 2.26. The van der Waals surface area contributed by atoms with Gasteiger partial charge in [0.05, 0.1) is 6.61 Å². The first-order valence-corrected chi connectivity index (χ1v) is 6.85. The molecule has 2 rings (SSSR count). The van der Waals surface area contributed by atoms with E-state index in [0.29, 0.717) is 13.0 Å². The number of esters is 1. The van der Waals surface area contributed by atoms with Gasteiger partial charge in [0.1, 0.15) is 11.3 Å². The quantitative estimate of drug-likeness (QED) is 0.581. The van der Waals surface area contributed by atoms with Gasteiger partial charge in [-0.1, -0.05) is 18.2 Å². The number of carbonyl (C=O) groups excluding carboxylic acids is 1. The molecule has 2 aromatic rings. The first-order chi connectivity index (χ1) is 9.22. The second-order valence-electron chi connectivity index (χ2n) is 4.66. The highest BCUT2D eigenvalue weighted by molar-refractivity contribution is 5.81. The summed E-state index contributed by atoms with van der Waals surface area (Å²) < 4.78 is 10.7. The lowest BCUT2D eigenvalue weighted by atomic mass is 10.1. The van der Waals surface area contributed by atoms with Crippen LogP contribution in [0.4, 0.5) is 0 Å². The van der Waals surface area contributed by atoms with Crippen LogP contribution < -0.4 is 0 Å². The average Bonchev–Trinajstić information content (AvgIpc) is 2.73. The molecule has 0 bridgehead atoms. The van der Waals surface area contributed by atoms with E-state index < -0.39 is 0 Å². The van der Waals surface area contributed by atoms with Crippen LogP contribution in [0.5, 0.6) is 0 Å². The zero-order valence-electron chi connectivity index (χ0n) is 11.6. The third-order valence-electron chi connectivity index (χ3n) is 3.28. The Hall–Kier alpha value is -1.77. The number of fused-ring (bicyclic) bond motifs is 1. The van der Waals surface area contributed by atoms with Crippen molar-refractivity contribution in [3.05, 3.63) is 35.6 Å². The normalized spacial score (nSPS) is 10.8. The smallest absolute Gasteiger partial charge is 0.305 e. The highest BCUT2D eigenvalue weighted by Gasteiger charge is 2.09. The fourth-order valence-corrected chi connectivity index (χ4v) is 2.25. The molecule has 1 heterocycles. The van der Waals surface area contributed by atoms with Crippen LogP contribution in [-0.4, -0.2) is 12.6 Å². The molecule has 3 heteroatoms. The maximum Gasteiger partial charge on any atom is 0.305 e. The molecule has 0 N–H and O–H groups in total. The number of hydrogen-bond acceptors (Lipinski definition) is 3. The van der Waals surface area contributed by atoms with E-state index in [4.69, 9.17) is 9.15 Å². The summed E-state index contributed by atoms with van der Waals surface area (Å²) in [4.78, 5) is 11.2. The molecule has 3 nitrogen and oxygen atoms in total. The largest absolute Gasteiger partial charge is 0.466 e. The van der Waals surface area contributed by atoms with Crippen LogP contribution in [0.1, 0.15) is 37.5 Å². The van der Waals surface area contributed by atoms with Crippen LogP contribution in [0.15, 0.2) is 28.7 Å². The number of para-hydroxylation sites is 1. The number of hydrogen-bond donors (Lipinski definition) is 0. The van der Waals surface area contributed by atoms with E-state index in [-0.39, 0.29) is 5.97 Å². The van der Waals surface area contributed by atoms with Gasteiger partial charge in [0.25, 0.3) is 0 Å². The van der Waals surface area contributed by atoms with Gasteiger partial charge in [-0.15, -0.1) is 0 Å². The summed E-state index contributed by atoms with van der Waals surface area (Å²) >= 11 is 0. The zero-order chi connectivity index (χ0) is 13.7. The molecule has 0 unspecified atom stereocenters. The van der Waals surface area contributed by atoms with Crippen LogP contribution in [-0.2, 0) is 16.0 Å². The molecule has 0 saturated carbocycles. The van der Waals surface area contributed by atoms with Gasteiger partial charge < -0.3 is 9.15 Å². The summed E-state index contributed by atoms with van der Waals surface area (Å²) in [6, 6.07) is 8.08. The molecular weight excluding hydrogens is 240 g/mol. The number of carbonyl (C=O) groups is 1. The van der Waals surface area contributed by atoms with Gasteiger partial charge >= 0.3 is 5.97 Å². The van der Waals surface area contributed by atoms with Gasteiger partial charge in [-0.05, 0) is 38.3 Å². The molecule has 19 heavy (non-hydrogen) atoms. The molecule has 0 aliphatic rings. The van der Waals surface area contributed by atoms with E-state index in [9.17, 15) is 4.79 Å². The third kappa shape index (κ3) is 3.37. The summed E-state index contributed by atoms with van der Waals surface area (Å²) in [6.45, 7) is 4.38. The second kappa shape index (κ2) is 6.41. The van der Waals surface area contributed by atoms with Gasteiger partial charge in [0.2, 0.25) is 0 Å². The molecule has 0 aliphatic heterocycles. The Morgan fingerprint density at radius 2 is 2.05 bits per heavy atom. The van der Waals surface area contributed by atoms with Crippen molar-refractivity contribution < 1.29 is 13.9 Å². The zero-order valence-corrected chi connectivity index (χ0v) is 11.6. The Balaban J connectivity index is 1.88. The van der Waals surface area contributed by atoms with E-state index in [1.807, 2.05) is 25.1 Å². The first kappa shape index (κ1) is 13.7. The van der Waals surface area contributed by atoms with Crippen LogP contribution >= 0.6 is 0 Å². The number of unbranched alkanes of at least 4 members (excludes halogenated alkanes) is 1. The van der Waals surface area contributed by atoms with Gasteiger partial charge in [-0.3, -0.25) is 4.79 Å². The lowest BCUT2D eigenvalue weighted by Gasteiger charge is -2.01. The van der Waals surface area contributed by atoms with Gasteiger partial charge in [-0.2, -0.15) is 0 Å². The number of rotatable bonds is 6. The van der Waals surface area contributed by atoms with Crippen molar-refractivity contribution >= 4 is 16.9 Å². The minimum absolute atomic E-state index is 0.108. The van der Waals surface area contributed by atoms with Crippen LogP contribution in [0.25, 0.3) is 11.0 Å². The van der Waals surface area contributed by atoms with Gasteiger partial charge in [-0.25, -0.2) is 0 Å². The van der Waals surface area contributed by atoms with Crippen molar-refractivity contribution in [2.45, 2.75) is 39.5 Å². The van der Waals surface area contributed by atoms with Crippen molar-refractivity contribution in [3.63, 3.8) is 0 Å². The predicted octanol–water partition coefficient (Wildman–Crippen LogP) is 4.02. The monoisotopic (exact) mass is 260 g/mol. The van der Waals surface area contributed by atoms with Crippen molar-refractivity contribution in [1.29, 1.82) is 0 Å². The Kier molecular flexibility index (Phi) is 4.61. The molecule has 1 aromatic carbocycles. The Morgan fingerprint density at radius 3 is 2.79 bits per heavy atom. The molecule has 0 amide bonds. The summed E-state index contributed by atoms with van der Waals surface area (Å²) in [5, 5.41) is 1.18. The maximum atomic E-state index is 11.2. The van der Waals surface area contributed by atoms with E-state index in [1.54, 1.807) is 0 Å². The highest BCUT2D eigenvalue weighted by atomic mass is 16.5. The standard InChI is InChI=1S/C16H20O3/c1-3-18-16(17)11-7-6-9-14-12(2)13-8-4-5-10-15(13)19-14/h4-5,8,10H,3,6-7,9,11H2,1-2H3. The van der Waals surface area contributed by atoms with Crippen LogP contribution in [0, 0.1) is 6.92 Å². The van der Waals surface area contributed by atoms with Crippen LogP contribution in [0.3, 0.4) is 0 Å². The Bertz CT molecular complexity index is 554. The minimum Gasteiger partial charge on any atom is -0.466 e. The van der Waals surface area contributed by atoms with E-state index in [2.05, 4.69) is 13.0 Å². The van der Waals surface area contributed by atoms with Crippen molar-refractivity contribution in [2.75, 3.05) is 6.61 Å². The molecule has 0 saturated heterocycles. The van der Waals surface area contributed by atoms with Crippen molar-refractivity contribution in [3.8, 4) is 0 Å². The van der Waals surface area contributed by atoms with E-state index >= 15 is 0 Å². The summed E-state index contributed by atoms with van der Waals surface area (Å²) in [7, 11) is 0. The first-order valence-electron chi connectivity index (χ1n) is 6.85. The lowest BCUT2D eigenvalue weighted by Crippen LogP contribution is -2.03. The average molecular weight is 260 g/mol. The molecule has 102 valence electrons. The molecule has 0 atom stereocenters. The van der Waals surface area contributed by atoms with Crippen molar-refractivity contribution in [2.24, 2.45) is 0 Å². The molecular formula is C16H20O3.